The second-order valence-electron chi connectivity index (χ2n) is 5.27. The van der Waals surface area contributed by atoms with Crippen molar-refractivity contribution in [1.82, 2.24) is 10.2 Å². The third-order valence-corrected chi connectivity index (χ3v) is 2.90. The summed E-state index contributed by atoms with van der Waals surface area (Å²) < 4.78 is 0. The predicted molar refractivity (Wildman–Crippen MR) is 68.1 cm³/mol. The molecule has 0 aromatic carbocycles. The zero-order chi connectivity index (χ0) is 12.9. The standard InChI is InChI=1S/C12H27N3O/c1-8(2)11(7-15(5)6)14-12(16)9(3)10(4)13/h8-11H,7,13H2,1-6H3,(H,14,16). The van der Waals surface area contributed by atoms with Gasteiger partial charge in [-0.3, -0.25) is 4.79 Å². The van der Waals surface area contributed by atoms with Crippen molar-refractivity contribution in [2.75, 3.05) is 20.6 Å². The van der Waals surface area contributed by atoms with E-state index < -0.39 is 0 Å². The van der Waals surface area contributed by atoms with E-state index in [2.05, 4.69) is 24.1 Å². The minimum absolute atomic E-state index is 0.0514. The maximum Gasteiger partial charge on any atom is 0.224 e. The maximum absolute atomic E-state index is 11.9. The quantitative estimate of drug-likeness (QED) is 0.704. The molecule has 0 spiro atoms. The molecule has 0 aliphatic carbocycles. The van der Waals surface area contributed by atoms with Crippen LogP contribution in [0, 0.1) is 11.8 Å². The number of likely N-dealkylation sites (N-methyl/N-ethyl adjacent to an activating group) is 1. The van der Waals surface area contributed by atoms with E-state index in [1.54, 1.807) is 0 Å². The van der Waals surface area contributed by atoms with Crippen LogP contribution >= 0.6 is 0 Å². The van der Waals surface area contributed by atoms with Crippen LogP contribution in [0.3, 0.4) is 0 Å². The fraction of sp³-hybridized carbons (Fsp3) is 0.917. The fourth-order valence-electron chi connectivity index (χ4n) is 1.37. The van der Waals surface area contributed by atoms with Gasteiger partial charge in [-0.25, -0.2) is 0 Å². The van der Waals surface area contributed by atoms with E-state index in [9.17, 15) is 4.79 Å². The molecule has 3 atom stereocenters. The van der Waals surface area contributed by atoms with Crippen molar-refractivity contribution in [1.29, 1.82) is 0 Å². The molecule has 4 nitrogen and oxygen atoms in total. The summed E-state index contributed by atoms with van der Waals surface area (Å²) in [5.41, 5.74) is 5.72. The third-order valence-electron chi connectivity index (χ3n) is 2.90. The molecule has 3 unspecified atom stereocenters. The summed E-state index contributed by atoms with van der Waals surface area (Å²) in [4.78, 5) is 14.0. The van der Waals surface area contributed by atoms with E-state index in [0.717, 1.165) is 6.54 Å². The zero-order valence-electron chi connectivity index (χ0n) is 11.4. The highest BCUT2D eigenvalue weighted by molar-refractivity contribution is 5.79. The molecule has 0 saturated heterocycles. The lowest BCUT2D eigenvalue weighted by Gasteiger charge is -2.27. The summed E-state index contributed by atoms with van der Waals surface area (Å²) in [6.07, 6.45) is 0. The summed E-state index contributed by atoms with van der Waals surface area (Å²) in [5.74, 6) is 0.339. The summed E-state index contributed by atoms with van der Waals surface area (Å²) in [6, 6.07) is 0.0795. The Kier molecular flexibility index (Phi) is 6.60. The SMILES string of the molecule is CC(C)C(CN(C)C)NC(=O)C(C)C(C)N. The number of carbonyl (C=O) groups is 1. The van der Waals surface area contributed by atoms with Gasteiger partial charge in [0.2, 0.25) is 5.91 Å². The molecular weight excluding hydrogens is 202 g/mol. The highest BCUT2D eigenvalue weighted by Gasteiger charge is 2.22. The minimum atomic E-state index is -0.136. The van der Waals surface area contributed by atoms with Crippen molar-refractivity contribution in [2.45, 2.75) is 39.8 Å². The normalized spacial score (nSPS) is 17.3. The molecule has 0 aliphatic heterocycles. The molecule has 0 heterocycles. The van der Waals surface area contributed by atoms with Gasteiger partial charge in [0.05, 0.1) is 0 Å². The Balaban J connectivity index is 4.34. The Bertz CT molecular complexity index is 214. The van der Waals surface area contributed by atoms with Crippen molar-refractivity contribution >= 4 is 5.91 Å². The molecule has 0 radical (unpaired) electrons. The highest BCUT2D eigenvalue weighted by Crippen LogP contribution is 2.06. The molecule has 1 amide bonds. The number of rotatable bonds is 6. The first-order chi connectivity index (χ1) is 7.25. The molecule has 3 N–H and O–H groups in total. The van der Waals surface area contributed by atoms with Crippen LogP contribution < -0.4 is 11.1 Å². The number of carbonyl (C=O) groups excluding carboxylic acids is 1. The summed E-state index contributed by atoms with van der Waals surface area (Å²) in [5, 5.41) is 3.07. The van der Waals surface area contributed by atoms with Crippen molar-refractivity contribution in [2.24, 2.45) is 17.6 Å². The van der Waals surface area contributed by atoms with E-state index in [1.165, 1.54) is 0 Å². The molecule has 0 bridgehead atoms. The molecule has 0 aromatic heterocycles. The van der Waals surface area contributed by atoms with E-state index in [-0.39, 0.29) is 23.9 Å². The first-order valence-electron chi connectivity index (χ1n) is 5.96. The van der Waals surface area contributed by atoms with E-state index in [1.807, 2.05) is 27.9 Å². The highest BCUT2D eigenvalue weighted by atomic mass is 16.2. The first-order valence-corrected chi connectivity index (χ1v) is 5.96. The zero-order valence-corrected chi connectivity index (χ0v) is 11.4. The number of hydrogen-bond acceptors (Lipinski definition) is 3. The largest absolute Gasteiger partial charge is 0.352 e. The van der Waals surface area contributed by atoms with Gasteiger partial charge in [0, 0.05) is 24.5 Å². The van der Waals surface area contributed by atoms with E-state index in [0.29, 0.717) is 5.92 Å². The second kappa shape index (κ2) is 6.86. The van der Waals surface area contributed by atoms with Crippen LogP contribution in [0.1, 0.15) is 27.7 Å². The summed E-state index contributed by atoms with van der Waals surface area (Å²) >= 11 is 0. The minimum Gasteiger partial charge on any atom is -0.352 e. The van der Waals surface area contributed by atoms with Gasteiger partial charge in [0.25, 0.3) is 0 Å². The molecule has 0 fully saturated rings. The lowest BCUT2D eigenvalue weighted by atomic mass is 10.00. The molecule has 16 heavy (non-hydrogen) atoms. The van der Waals surface area contributed by atoms with Gasteiger partial charge < -0.3 is 16.0 Å². The Morgan fingerprint density at radius 3 is 2.06 bits per heavy atom. The van der Waals surface area contributed by atoms with Crippen molar-refractivity contribution in [3.8, 4) is 0 Å². The van der Waals surface area contributed by atoms with Crippen LogP contribution in [-0.4, -0.2) is 43.5 Å². The Morgan fingerprint density at radius 1 is 1.25 bits per heavy atom. The maximum atomic E-state index is 11.9. The number of nitrogens with zero attached hydrogens (tertiary/aromatic N) is 1. The van der Waals surface area contributed by atoms with E-state index >= 15 is 0 Å². The molecular formula is C12H27N3O. The van der Waals surface area contributed by atoms with Gasteiger partial charge in [-0.15, -0.1) is 0 Å². The van der Waals surface area contributed by atoms with Crippen LogP contribution in [-0.2, 0) is 4.79 Å². The van der Waals surface area contributed by atoms with Crippen LogP contribution in [0.5, 0.6) is 0 Å². The average Bonchev–Trinajstić information content (AvgIpc) is 2.14. The van der Waals surface area contributed by atoms with Crippen LogP contribution in [0.4, 0.5) is 0 Å². The summed E-state index contributed by atoms with van der Waals surface area (Å²) in [7, 11) is 4.02. The van der Waals surface area contributed by atoms with Crippen LogP contribution in [0.25, 0.3) is 0 Å². The Morgan fingerprint density at radius 2 is 1.75 bits per heavy atom. The number of hydrogen-bond donors (Lipinski definition) is 2. The third kappa shape index (κ3) is 5.47. The smallest absolute Gasteiger partial charge is 0.224 e. The van der Waals surface area contributed by atoms with Gasteiger partial charge in [-0.2, -0.15) is 0 Å². The van der Waals surface area contributed by atoms with Crippen molar-refractivity contribution < 1.29 is 4.79 Å². The lowest BCUT2D eigenvalue weighted by molar-refractivity contribution is -0.126. The van der Waals surface area contributed by atoms with Gasteiger partial charge in [0.1, 0.15) is 0 Å². The first kappa shape index (κ1) is 15.4. The molecule has 0 aliphatic rings. The predicted octanol–water partition coefficient (Wildman–Crippen LogP) is 0.672. The van der Waals surface area contributed by atoms with Gasteiger partial charge in [-0.1, -0.05) is 20.8 Å². The average molecular weight is 229 g/mol. The lowest BCUT2D eigenvalue weighted by Crippen LogP contribution is -2.49. The van der Waals surface area contributed by atoms with Crippen LogP contribution in [0.2, 0.25) is 0 Å². The topological polar surface area (TPSA) is 58.4 Å². The monoisotopic (exact) mass is 229 g/mol. The summed E-state index contributed by atoms with van der Waals surface area (Å²) in [6.45, 7) is 8.82. The van der Waals surface area contributed by atoms with E-state index in [4.69, 9.17) is 5.73 Å². The molecule has 0 aromatic rings. The number of nitrogens with two attached hydrogens (primary N) is 1. The molecule has 4 heteroatoms. The van der Waals surface area contributed by atoms with Gasteiger partial charge in [0.15, 0.2) is 0 Å². The van der Waals surface area contributed by atoms with Crippen molar-refractivity contribution in [3.05, 3.63) is 0 Å². The number of amides is 1. The Labute approximate surface area is 99.6 Å². The van der Waals surface area contributed by atoms with Crippen LogP contribution in [0.15, 0.2) is 0 Å². The second-order valence-corrected chi connectivity index (χ2v) is 5.27. The van der Waals surface area contributed by atoms with Gasteiger partial charge in [-0.05, 0) is 26.9 Å². The van der Waals surface area contributed by atoms with Crippen molar-refractivity contribution in [3.63, 3.8) is 0 Å². The Hall–Kier alpha value is -0.610. The molecule has 0 saturated carbocycles. The number of nitrogens with one attached hydrogen (secondary N) is 1. The molecule has 96 valence electrons. The van der Waals surface area contributed by atoms with Gasteiger partial charge >= 0.3 is 0 Å². The molecule has 0 rings (SSSR count). The fourth-order valence-corrected chi connectivity index (χ4v) is 1.37.